The van der Waals surface area contributed by atoms with E-state index in [9.17, 15) is 5.11 Å². The molecule has 1 fully saturated rings. The average Bonchev–Trinajstić information content (AvgIpc) is 2.69. The number of piperidine rings is 1. The van der Waals surface area contributed by atoms with Gasteiger partial charge in [0.1, 0.15) is 0 Å². The van der Waals surface area contributed by atoms with Crippen LogP contribution in [0.15, 0.2) is 60.7 Å². The Morgan fingerprint density at radius 2 is 1.59 bits per heavy atom. The van der Waals surface area contributed by atoms with Crippen molar-refractivity contribution < 1.29 is 5.11 Å². The molecule has 1 heterocycles. The van der Waals surface area contributed by atoms with E-state index in [4.69, 9.17) is 0 Å². The van der Waals surface area contributed by atoms with Crippen LogP contribution in [0.3, 0.4) is 0 Å². The van der Waals surface area contributed by atoms with E-state index in [-0.39, 0.29) is 18.2 Å². The van der Waals surface area contributed by atoms with Gasteiger partial charge in [-0.1, -0.05) is 81.4 Å². The molecule has 0 radical (unpaired) electrons. The van der Waals surface area contributed by atoms with Crippen molar-refractivity contribution in [3.8, 4) is 0 Å². The van der Waals surface area contributed by atoms with Gasteiger partial charge >= 0.3 is 0 Å². The highest BCUT2D eigenvalue weighted by Gasteiger charge is 2.33. The van der Waals surface area contributed by atoms with Crippen LogP contribution in [0.25, 0.3) is 0 Å². The Morgan fingerprint density at radius 1 is 1.00 bits per heavy atom. The fourth-order valence-electron chi connectivity index (χ4n) is 4.38. The Labute approximate surface area is 164 Å². The van der Waals surface area contributed by atoms with E-state index in [0.29, 0.717) is 12.0 Å². The molecule has 3 heteroatoms. The molecule has 0 spiro atoms. The molecular formula is C24H34N2O. The zero-order valence-corrected chi connectivity index (χ0v) is 16.9. The van der Waals surface area contributed by atoms with Crippen molar-refractivity contribution in [3.63, 3.8) is 0 Å². The van der Waals surface area contributed by atoms with Gasteiger partial charge in [0.2, 0.25) is 0 Å². The minimum atomic E-state index is -0.346. The quantitative estimate of drug-likeness (QED) is 0.754. The van der Waals surface area contributed by atoms with E-state index in [1.807, 2.05) is 0 Å². The smallest absolute Gasteiger partial charge is 0.0820 e. The first-order valence-electron chi connectivity index (χ1n) is 10.4. The number of benzene rings is 2. The number of hydrogen-bond acceptors (Lipinski definition) is 3. The van der Waals surface area contributed by atoms with E-state index in [1.165, 1.54) is 11.1 Å². The third kappa shape index (κ3) is 4.98. The van der Waals surface area contributed by atoms with Crippen LogP contribution in [0, 0.1) is 5.92 Å². The molecule has 4 unspecified atom stereocenters. The van der Waals surface area contributed by atoms with Gasteiger partial charge in [-0.15, -0.1) is 0 Å². The van der Waals surface area contributed by atoms with Gasteiger partial charge in [-0.2, -0.15) is 0 Å². The monoisotopic (exact) mass is 366 g/mol. The van der Waals surface area contributed by atoms with Gasteiger partial charge < -0.3 is 10.4 Å². The lowest BCUT2D eigenvalue weighted by molar-refractivity contribution is 0.0136. The second-order valence-electron chi connectivity index (χ2n) is 8.09. The van der Waals surface area contributed by atoms with Crippen LogP contribution in [0.4, 0.5) is 0 Å². The Hall–Kier alpha value is -1.68. The first kappa shape index (κ1) is 20.1. The summed E-state index contributed by atoms with van der Waals surface area (Å²) >= 11 is 0. The summed E-state index contributed by atoms with van der Waals surface area (Å²) in [6.45, 7) is 8.47. The van der Waals surface area contributed by atoms with E-state index in [0.717, 1.165) is 25.9 Å². The molecule has 3 rings (SSSR count). The van der Waals surface area contributed by atoms with Gasteiger partial charge in [-0.3, -0.25) is 4.90 Å². The summed E-state index contributed by atoms with van der Waals surface area (Å²) in [5, 5.41) is 14.7. The van der Waals surface area contributed by atoms with Crippen LogP contribution in [0.2, 0.25) is 0 Å². The zero-order chi connectivity index (χ0) is 19.2. The molecule has 0 aliphatic carbocycles. The molecule has 0 saturated carbocycles. The summed E-state index contributed by atoms with van der Waals surface area (Å²) in [7, 11) is 0. The minimum Gasteiger partial charge on any atom is -0.390 e. The second kappa shape index (κ2) is 9.50. The third-order valence-corrected chi connectivity index (χ3v) is 5.84. The van der Waals surface area contributed by atoms with Crippen LogP contribution in [0.1, 0.15) is 56.8 Å². The highest BCUT2D eigenvalue weighted by Crippen LogP contribution is 2.29. The molecule has 2 aromatic rings. The van der Waals surface area contributed by atoms with Crippen molar-refractivity contribution in [2.24, 2.45) is 5.92 Å². The van der Waals surface area contributed by atoms with Crippen molar-refractivity contribution >= 4 is 0 Å². The molecule has 1 saturated heterocycles. The Morgan fingerprint density at radius 3 is 2.11 bits per heavy atom. The number of hydrogen-bond donors (Lipinski definition) is 2. The molecule has 3 nitrogen and oxygen atoms in total. The second-order valence-corrected chi connectivity index (χ2v) is 8.09. The van der Waals surface area contributed by atoms with Crippen LogP contribution in [-0.2, 0) is 0 Å². The molecule has 0 bridgehead atoms. The number of β-amino-alcohol motifs (C(OH)–C–C–N with tert-alkyl or cyclic N) is 1. The predicted molar refractivity (Wildman–Crippen MR) is 113 cm³/mol. The Bertz CT molecular complexity index is 673. The summed E-state index contributed by atoms with van der Waals surface area (Å²) in [4.78, 5) is 2.45. The number of nitrogens with one attached hydrogen (secondary N) is 1. The highest BCUT2D eigenvalue weighted by atomic mass is 16.3. The summed E-state index contributed by atoms with van der Waals surface area (Å²) in [5.41, 5.74) is 2.65. The average molecular weight is 367 g/mol. The largest absolute Gasteiger partial charge is 0.390 e. The molecule has 27 heavy (non-hydrogen) atoms. The van der Waals surface area contributed by atoms with Gasteiger partial charge in [0, 0.05) is 31.2 Å². The van der Waals surface area contributed by atoms with E-state index >= 15 is 0 Å². The molecule has 0 amide bonds. The van der Waals surface area contributed by atoms with Crippen LogP contribution < -0.4 is 5.32 Å². The molecule has 4 atom stereocenters. The van der Waals surface area contributed by atoms with Crippen LogP contribution in [0.5, 0.6) is 0 Å². The van der Waals surface area contributed by atoms with E-state index < -0.39 is 0 Å². The first-order valence-corrected chi connectivity index (χ1v) is 10.4. The lowest BCUT2D eigenvalue weighted by atomic mass is 9.91. The highest BCUT2D eigenvalue weighted by molar-refractivity contribution is 5.21. The van der Waals surface area contributed by atoms with E-state index in [2.05, 4.69) is 91.7 Å². The van der Waals surface area contributed by atoms with Gasteiger partial charge in [0.25, 0.3) is 0 Å². The van der Waals surface area contributed by atoms with Gasteiger partial charge in [0.15, 0.2) is 0 Å². The van der Waals surface area contributed by atoms with Gasteiger partial charge in [0.05, 0.1) is 6.10 Å². The lowest BCUT2D eigenvalue weighted by Gasteiger charge is -2.42. The third-order valence-electron chi connectivity index (χ3n) is 5.84. The Balaban J connectivity index is 1.66. The van der Waals surface area contributed by atoms with Gasteiger partial charge in [-0.05, 0) is 29.9 Å². The topological polar surface area (TPSA) is 35.5 Å². The molecular weight excluding hydrogens is 332 g/mol. The van der Waals surface area contributed by atoms with Crippen LogP contribution >= 0.6 is 0 Å². The molecule has 1 aliphatic heterocycles. The fraction of sp³-hybridized carbons (Fsp3) is 0.500. The SMILES string of the molecule is CCC(c1ccccc1)N1CCC(NC(c2ccccc2)C(C)C)C(O)C1. The summed E-state index contributed by atoms with van der Waals surface area (Å²) in [6.07, 6.45) is 1.69. The molecule has 146 valence electrons. The summed E-state index contributed by atoms with van der Waals surface area (Å²) in [5.74, 6) is 0.477. The number of aliphatic hydroxyl groups is 1. The molecule has 0 aromatic heterocycles. The maximum Gasteiger partial charge on any atom is 0.0820 e. The summed E-state index contributed by atoms with van der Waals surface area (Å²) in [6, 6.07) is 22.1. The summed E-state index contributed by atoms with van der Waals surface area (Å²) < 4.78 is 0. The maximum atomic E-state index is 10.9. The maximum absolute atomic E-state index is 10.9. The standard InChI is InChI=1S/C24H34N2O/c1-4-22(19-11-7-5-8-12-19)26-16-15-21(23(27)17-26)25-24(18(2)3)20-13-9-6-10-14-20/h5-14,18,21-25,27H,4,15-17H2,1-3H3. The minimum absolute atomic E-state index is 0.141. The fourth-order valence-corrected chi connectivity index (χ4v) is 4.38. The van der Waals surface area contributed by atoms with Crippen LogP contribution in [-0.4, -0.2) is 35.2 Å². The van der Waals surface area contributed by atoms with Crippen molar-refractivity contribution in [3.05, 3.63) is 71.8 Å². The van der Waals surface area contributed by atoms with Crippen molar-refractivity contribution in [1.82, 2.24) is 10.2 Å². The molecule has 2 N–H and O–H groups in total. The van der Waals surface area contributed by atoms with E-state index in [1.54, 1.807) is 0 Å². The first-order chi connectivity index (χ1) is 13.1. The van der Waals surface area contributed by atoms with Crippen molar-refractivity contribution in [2.75, 3.05) is 13.1 Å². The predicted octanol–water partition coefficient (Wildman–Crippen LogP) is 4.56. The Kier molecular flexibility index (Phi) is 7.06. The number of rotatable bonds is 7. The number of likely N-dealkylation sites (tertiary alicyclic amines) is 1. The molecule has 2 aromatic carbocycles. The number of nitrogens with zero attached hydrogens (tertiary/aromatic N) is 1. The van der Waals surface area contributed by atoms with Gasteiger partial charge in [-0.25, -0.2) is 0 Å². The normalized spacial score (nSPS) is 23.3. The lowest BCUT2D eigenvalue weighted by Crippen LogP contribution is -2.54. The zero-order valence-electron chi connectivity index (χ0n) is 16.9. The molecule has 1 aliphatic rings. The van der Waals surface area contributed by atoms with Crippen molar-refractivity contribution in [1.29, 1.82) is 0 Å². The number of aliphatic hydroxyl groups excluding tert-OH is 1. The van der Waals surface area contributed by atoms with Crippen molar-refractivity contribution in [2.45, 2.75) is 57.8 Å².